The Labute approximate surface area is 147 Å². The van der Waals surface area contributed by atoms with Crippen molar-refractivity contribution in [2.24, 2.45) is 4.99 Å². The molecule has 9 heteroatoms. The number of benzene rings is 1. The Morgan fingerprint density at radius 2 is 2.16 bits per heavy atom. The molecule has 2 heterocycles. The number of ether oxygens (including phenoxy) is 2. The smallest absolute Gasteiger partial charge is 0.332 e. The van der Waals surface area contributed by atoms with Gasteiger partial charge in [0.1, 0.15) is 5.75 Å². The predicted octanol–water partition coefficient (Wildman–Crippen LogP) is 3.47. The van der Waals surface area contributed by atoms with Crippen LogP contribution in [0.1, 0.15) is 25.0 Å². The van der Waals surface area contributed by atoms with Crippen molar-refractivity contribution in [2.45, 2.75) is 19.6 Å². The van der Waals surface area contributed by atoms with Crippen molar-refractivity contribution in [2.75, 3.05) is 0 Å². The fourth-order valence-electron chi connectivity index (χ4n) is 2.25. The summed E-state index contributed by atoms with van der Waals surface area (Å²) >= 11 is 5.76. The molecule has 1 aliphatic heterocycles. The minimum Gasteiger partial charge on any atom is -0.466 e. The summed E-state index contributed by atoms with van der Waals surface area (Å²) in [5, 5.41) is 20.4. The number of nitriles is 1. The number of fused-ring (bicyclic) bond motifs is 1. The van der Waals surface area contributed by atoms with Crippen LogP contribution in [0.2, 0.25) is 5.02 Å². The predicted molar refractivity (Wildman–Crippen MR) is 88.9 cm³/mol. The SMILES string of the molecule is CC1(C)N=C(Oc2ncc(Cl)cc2[N+](=O)[O-])c2cc(C#N)ccc2O1. The van der Waals surface area contributed by atoms with Crippen LogP contribution in [0.4, 0.5) is 5.69 Å². The molecule has 8 nitrogen and oxygen atoms in total. The molecule has 1 aliphatic rings. The number of rotatable bonds is 2. The van der Waals surface area contributed by atoms with Gasteiger partial charge in [0, 0.05) is 6.07 Å². The summed E-state index contributed by atoms with van der Waals surface area (Å²) in [4.78, 5) is 18.8. The van der Waals surface area contributed by atoms with Gasteiger partial charge in [0.2, 0.25) is 5.90 Å². The Balaban J connectivity index is 2.10. The first-order valence-electron chi connectivity index (χ1n) is 7.10. The zero-order valence-corrected chi connectivity index (χ0v) is 13.9. The van der Waals surface area contributed by atoms with E-state index >= 15 is 0 Å². The monoisotopic (exact) mass is 358 g/mol. The van der Waals surface area contributed by atoms with Gasteiger partial charge in [-0.05, 0) is 32.0 Å². The van der Waals surface area contributed by atoms with E-state index in [0.717, 1.165) is 6.07 Å². The molecule has 0 bridgehead atoms. The molecular weight excluding hydrogens is 348 g/mol. The number of aliphatic imine (C=N–C) groups is 1. The zero-order chi connectivity index (χ0) is 18.2. The molecular formula is C16H11ClN4O4. The summed E-state index contributed by atoms with van der Waals surface area (Å²) in [5.74, 6) is 0.269. The van der Waals surface area contributed by atoms with Gasteiger partial charge >= 0.3 is 11.6 Å². The maximum absolute atomic E-state index is 11.2. The largest absolute Gasteiger partial charge is 0.466 e. The van der Waals surface area contributed by atoms with Crippen LogP contribution in [0, 0.1) is 21.4 Å². The lowest BCUT2D eigenvalue weighted by molar-refractivity contribution is -0.385. The number of nitrogens with zero attached hydrogens (tertiary/aromatic N) is 4. The van der Waals surface area contributed by atoms with E-state index < -0.39 is 16.3 Å². The zero-order valence-electron chi connectivity index (χ0n) is 13.2. The summed E-state index contributed by atoms with van der Waals surface area (Å²) in [6, 6.07) is 7.91. The van der Waals surface area contributed by atoms with Crippen LogP contribution in [-0.4, -0.2) is 21.5 Å². The van der Waals surface area contributed by atoms with Gasteiger partial charge in [-0.15, -0.1) is 0 Å². The standard InChI is InChI=1S/C16H11ClN4O4/c1-16(2)20-14(11-5-9(7-18)3-4-13(11)25-16)24-15-12(21(22)23)6-10(17)8-19-15/h3-6,8H,1-2H3. The first-order chi connectivity index (χ1) is 11.8. The van der Waals surface area contributed by atoms with Gasteiger partial charge in [-0.25, -0.2) is 9.98 Å². The lowest BCUT2D eigenvalue weighted by atomic mass is 10.1. The molecule has 0 unspecified atom stereocenters. The molecule has 0 fully saturated rings. The minimum atomic E-state index is -0.947. The van der Waals surface area contributed by atoms with Crippen LogP contribution in [0.25, 0.3) is 0 Å². The van der Waals surface area contributed by atoms with Crippen molar-refractivity contribution in [1.29, 1.82) is 5.26 Å². The number of aromatic nitrogens is 1. The molecule has 0 saturated carbocycles. The highest BCUT2D eigenvalue weighted by Gasteiger charge is 2.31. The summed E-state index contributed by atoms with van der Waals surface area (Å²) in [5.41, 5.74) is -0.559. The normalized spacial score (nSPS) is 14.6. The summed E-state index contributed by atoms with van der Waals surface area (Å²) in [6.07, 6.45) is 1.24. The first kappa shape index (κ1) is 16.7. The lowest BCUT2D eigenvalue weighted by Crippen LogP contribution is -2.34. The van der Waals surface area contributed by atoms with E-state index in [4.69, 9.17) is 26.3 Å². The summed E-state index contributed by atoms with van der Waals surface area (Å²) in [6.45, 7) is 3.42. The number of hydrogen-bond acceptors (Lipinski definition) is 7. The molecule has 0 atom stereocenters. The number of pyridine rings is 1. The van der Waals surface area contributed by atoms with Gasteiger partial charge in [-0.1, -0.05) is 11.6 Å². The van der Waals surface area contributed by atoms with E-state index in [-0.39, 0.29) is 16.8 Å². The van der Waals surface area contributed by atoms with Crippen LogP contribution in [-0.2, 0) is 0 Å². The number of nitro groups is 1. The quantitative estimate of drug-likeness (QED) is 0.600. The molecule has 2 aromatic rings. The molecule has 126 valence electrons. The molecule has 1 aromatic carbocycles. The van der Waals surface area contributed by atoms with E-state index in [0.29, 0.717) is 16.9 Å². The van der Waals surface area contributed by atoms with Crippen LogP contribution in [0.3, 0.4) is 0 Å². The van der Waals surface area contributed by atoms with Crippen molar-refractivity contribution in [3.8, 4) is 17.7 Å². The third-order valence-electron chi connectivity index (χ3n) is 3.26. The highest BCUT2D eigenvalue weighted by molar-refractivity contribution is 6.30. The molecule has 0 radical (unpaired) electrons. The topological polar surface area (TPSA) is 111 Å². The maximum atomic E-state index is 11.2. The fourth-order valence-corrected chi connectivity index (χ4v) is 2.40. The minimum absolute atomic E-state index is 0.0706. The Bertz CT molecular complexity index is 950. The second kappa shape index (κ2) is 6.03. The maximum Gasteiger partial charge on any atom is 0.332 e. The molecule has 0 N–H and O–H groups in total. The molecule has 0 aliphatic carbocycles. The highest BCUT2D eigenvalue weighted by atomic mass is 35.5. The molecule has 0 spiro atoms. The fraction of sp³-hybridized carbons (Fsp3) is 0.188. The highest BCUT2D eigenvalue weighted by Crippen LogP contribution is 2.34. The van der Waals surface area contributed by atoms with Gasteiger partial charge in [0.25, 0.3) is 0 Å². The van der Waals surface area contributed by atoms with Gasteiger partial charge in [0.05, 0.1) is 33.3 Å². The summed E-state index contributed by atoms with van der Waals surface area (Å²) in [7, 11) is 0. The van der Waals surface area contributed by atoms with E-state index in [1.165, 1.54) is 12.3 Å². The molecule has 3 rings (SSSR count). The van der Waals surface area contributed by atoms with E-state index in [2.05, 4.69) is 9.98 Å². The lowest BCUT2D eigenvalue weighted by Gasteiger charge is -2.29. The van der Waals surface area contributed by atoms with Gasteiger partial charge in [-0.2, -0.15) is 5.26 Å². The van der Waals surface area contributed by atoms with Crippen molar-refractivity contribution < 1.29 is 14.4 Å². The Hall–Kier alpha value is -3.18. The summed E-state index contributed by atoms with van der Waals surface area (Å²) < 4.78 is 11.3. The third-order valence-corrected chi connectivity index (χ3v) is 3.47. The number of halogens is 1. The third kappa shape index (κ3) is 3.36. The van der Waals surface area contributed by atoms with Crippen LogP contribution in [0.15, 0.2) is 35.5 Å². The van der Waals surface area contributed by atoms with Crippen molar-refractivity contribution in [1.82, 2.24) is 4.98 Å². The Morgan fingerprint density at radius 3 is 2.84 bits per heavy atom. The van der Waals surface area contributed by atoms with Gasteiger partial charge in [-0.3, -0.25) is 10.1 Å². The molecule has 0 saturated heterocycles. The van der Waals surface area contributed by atoms with E-state index in [1.54, 1.807) is 26.0 Å². The first-order valence-corrected chi connectivity index (χ1v) is 7.48. The van der Waals surface area contributed by atoms with Crippen LogP contribution < -0.4 is 9.47 Å². The van der Waals surface area contributed by atoms with E-state index in [9.17, 15) is 10.1 Å². The van der Waals surface area contributed by atoms with Crippen molar-refractivity contribution in [3.05, 3.63) is 56.7 Å². The van der Waals surface area contributed by atoms with Crippen molar-refractivity contribution >= 4 is 23.2 Å². The van der Waals surface area contributed by atoms with Crippen molar-refractivity contribution in [3.63, 3.8) is 0 Å². The second-order valence-corrected chi connectivity index (χ2v) is 6.06. The molecule has 0 amide bonds. The van der Waals surface area contributed by atoms with Crippen LogP contribution >= 0.6 is 11.6 Å². The average molecular weight is 359 g/mol. The van der Waals surface area contributed by atoms with E-state index in [1.807, 2.05) is 6.07 Å². The number of hydrogen-bond donors (Lipinski definition) is 0. The average Bonchev–Trinajstić information content (AvgIpc) is 2.55. The Kier molecular flexibility index (Phi) is 4.02. The molecule has 1 aromatic heterocycles. The Morgan fingerprint density at radius 1 is 1.40 bits per heavy atom. The molecule has 25 heavy (non-hydrogen) atoms. The van der Waals surface area contributed by atoms with Gasteiger partial charge < -0.3 is 9.47 Å². The van der Waals surface area contributed by atoms with Gasteiger partial charge in [0.15, 0.2) is 5.72 Å². The second-order valence-electron chi connectivity index (χ2n) is 5.63. The van der Waals surface area contributed by atoms with Crippen LogP contribution in [0.5, 0.6) is 11.6 Å².